The van der Waals surface area contributed by atoms with Crippen molar-refractivity contribution < 1.29 is 36.4 Å². The lowest BCUT2D eigenvalue weighted by Crippen LogP contribution is -2.02. The summed E-state index contributed by atoms with van der Waals surface area (Å²) >= 11 is 0. The Bertz CT molecular complexity index is 909. The maximum Gasteiger partial charge on any atom is 0.332 e. The van der Waals surface area contributed by atoms with Crippen LogP contribution in [0.1, 0.15) is 11.1 Å². The summed E-state index contributed by atoms with van der Waals surface area (Å²) in [6.45, 7) is 0. The molecule has 0 aliphatic heterocycles. The van der Waals surface area contributed by atoms with Crippen molar-refractivity contribution in [1.82, 2.24) is 0 Å². The summed E-state index contributed by atoms with van der Waals surface area (Å²) in [5.41, 5.74) is 0.936. The second kappa shape index (κ2) is 8.37. The van der Waals surface area contributed by atoms with Crippen LogP contribution >= 0.6 is 15.2 Å². The number of hydrogen-bond donors (Lipinski definition) is 2. The van der Waals surface area contributed by atoms with Crippen LogP contribution < -0.4 is 0 Å². The molecular formula is C16H20O8P2S. The second-order valence-corrected chi connectivity index (χ2v) is 11.6. The molecule has 0 bridgehead atoms. The first kappa shape index (κ1) is 22.0. The first-order valence-corrected chi connectivity index (χ1v) is 12.7. The van der Waals surface area contributed by atoms with E-state index in [0.29, 0.717) is 11.1 Å². The smallest absolute Gasteiger partial charge is 0.324 e. The highest BCUT2D eigenvalue weighted by Gasteiger charge is 2.22. The normalized spacial score (nSPS) is 16.4. The van der Waals surface area contributed by atoms with Gasteiger partial charge in [-0.25, -0.2) is 8.42 Å². The van der Waals surface area contributed by atoms with Crippen LogP contribution in [0, 0.1) is 0 Å². The van der Waals surface area contributed by atoms with Crippen LogP contribution in [0.2, 0.25) is 0 Å². The van der Waals surface area contributed by atoms with Gasteiger partial charge in [0.2, 0.25) is 9.84 Å². The molecule has 2 aromatic carbocycles. The van der Waals surface area contributed by atoms with Crippen LogP contribution in [-0.4, -0.2) is 32.4 Å². The van der Waals surface area contributed by atoms with Crippen LogP contribution in [0.3, 0.4) is 0 Å². The molecule has 0 radical (unpaired) electrons. The van der Waals surface area contributed by atoms with E-state index in [0.717, 1.165) is 14.2 Å². The predicted molar refractivity (Wildman–Crippen MR) is 99.4 cm³/mol. The molecule has 0 aliphatic carbocycles. The van der Waals surface area contributed by atoms with Gasteiger partial charge in [-0.2, -0.15) is 0 Å². The van der Waals surface area contributed by atoms with Crippen molar-refractivity contribution in [1.29, 1.82) is 0 Å². The third-order valence-electron chi connectivity index (χ3n) is 3.80. The molecule has 0 amide bonds. The zero-order valence-corrected chi connectivity index (χ0v) is 17.3. The van der Waals surface area contributed by atoms with Gasteiger partial charge < -0.3 is 18.8 Å². The zero-order chi connectivity index (χ0) is 20.3. The minimum atomic E-state index is -3.80. The van der Waals surface area contributed by atoms with Crippen LogP contribution in [0.15, 0.2) is 58.3 Å². The van der Waals surface area contributed by atoms with Gasteiger partial charge in [0.05, 0.1) is 22.1 Å². The van der Waals surface area contributed by atoms with Crippen LogP contribution in [0.25, 0.3) is 0 Å². The van der Waals surface area contributed by atoms with Crippen molar-refractivity contribution in [2.24, 2.45) is 0 Å². The molecule has 2 rings (SSSR count). The standard InChI is InChI=1S/C16H20O8P2S/c1-23-25(17,18)11-13-3-7-15(8-4-13)27(21,22)16-9-5-14(6-10-16)12-26(19,20)24-2/h3-10H,11-12H2,1-2H3,(H,17,18)(H,19,20). The van der Waals surface area contributed by atoms with E-state index in [9.17, 15) is 27.3 Å². The lowest BCUT2D eigenvalue weighted by molar-refractivity contribution is 0.313. The van der Waals surface area contributed by atoms with E-state index >= 15 is 0 Å². The first-order chi connectivity index (χ1) is 12.5. The van der Waals surface area contributed by atoms with E-state index in [1.807, 2.05) is 0 Å². The van der Waals surface area contributed by atoms with Crippen molar-refractivity contribution in [2.75, 3.05) is 14.2 Å². The second-order valence-electron chi connectivity index (χ2n) is 5.75. The molecule has 2 unspecified atom stereocenters. The zero-order valence-electron chi connectivity index (χ0n) is 14.7. The van der Waals surface area contributed by atoms with E-state index in [4.69, 9.17) is 0 Å². The number of rotatable bonds is 8. The van der Waals surface area contributed by atoms with Crippen LogP contribution in [0.4, 0.5) is 0 Å². The van der Waals surface area contributed by atoms with Gasteiger partial charge >= 0.3 is 15.2 Å². The molecule has 148 valence electrons. The van der Waals surface area contributed by atoms with Gasteiger partial charge in [-0.15, -0.1) is 0 Å². The molecule has 0 fully saturated rings. The van der Waals surface area contributed by atoms with Crippen LogP contribution in [-0.2, 0) is 40.3 Å². The molecule has 0 spiro atoms. The maximum atomic E-state index is 12.7. The van der Waals surface area contributed by atoms with E-state index in [-0.39, 0.29) is 22.1 Å². The Morgan fingerprint density at radius 1 is 0.741 bits per heavy atom. The van der Waals surface area contributed by atoms with Gasteiger partial charge in [-0.3, -0.25) is 9.13 Å². The lowest BCUT2D eigenvalue weighted by atomic mass is 10.2. The van der Waals surface area contributed by atoms with Crippen LogP contribution in [0.5, 0.6) is 0 Å². The van der Waals surface area contributed by atoms with Crippen molar-refractivity contribution in [3.63, 3.8) is 0 Å². The third-order valence-corrected chi connectivity index (χ3v) is 8.26. The molecule has 0 saturated carbocycles. The summed E-state index contributed by atoms with van der Waals surface area (Å²) in [5.74, 6) is 0. The van der Waals surface area contributed by atoms with Crippen molar-refractivity contribution in [3.05, 3.63) is 59.7 Å². The van der Waals surface area contributed by atoms with Gasteiger partial charge in [0.25, 0.3) is 0 Å². The molecular weight excluding hydrogens is 414 g/mol. The Labute approximate surface area is 157 Å². The summed E-state index contributed by atoms with van der Waals surface area (Å²) in [5, 5.41) is 0. The number of hydrogen-bond acceptors (Lipinski definition) is 6. The average Bonchev–Trinajstić information content (AvgIpc) is 2.62. The molecule has 0 heterocycles. The Hall–Kier alpha value is -1.31. The Morgan fingerprint density at radius 2 is 1.04 bits per heavy atom. The van der Waals surface area contributed by atoms with E-state index in [1.165, 1.54) is 48.5 Å². The fourth-order valence-corrected chi connectivity index (χ4v) is 5.14. The predicted octanol–water partition coefficient (Wildman–Crippen LogP) is 3.18. The summed E-state index contributed by atoms with van der Waals surface area (Å²) < 4.78 is 57.5. The summed E-state index contributed by atoms with van der Waals surface area (Å²) in [6.07, 6.45) is -0.446. The third kappa shape index (κ3) is 5.83. The average molecular weight is 434 g/mol. The lowest BCUT2D eigenvalue weighted by Gasteiger charge is -2.11. The summed E-state index contributed by atoms with van der Waals surface area (Å²) in [6, 6.07) is 11.2. The quantitative estimate of drug-likeness (QED) is 0.607. The Balaban J connectivity index is 2.23. The summed E-state index contributed by atoms with van der Waals surface area (Å²) in [4.78, 5) is 19.0. The minimum absolute atomic E-state index is 0.0221. The molecule has 11 heteroatoms. The molecule has 0 aliphatic rings. The van der Waals surface area contributed by atoms with Gasteiger partial charge in [-0.05, 0) is 35.4 Å². The Morgan fingerprint density at radius 3 is 1.30 bits per heavy atom. The fourth-order valence-electron chi connectivity index (χ4n) is 2.27. The molecule has 0 aromatic heterocycles. The molecule has 2 atom stereocenters. The molecule has 27 heavy (non-hydrogen) atoms. The van der Waals surface area contributed by atoms with Gasteiger partial charge in [-0.1, -0.05) is 24.3 Å². The van der Waals surface area contributed by atoms with E-state index < -0.39 is 25.0 Å². The SMILES string of the molecule is COP(=O)(O)Cc1ccc(S(=O)(=O)c2ccc(CP(=O)(O)OC)cc2)cc1. The molecule has 0 saturated heterocycles. The van der Waals surface area contributed by atoms with Gasteiger partial charge in [0, 0.05) is 14.2 Å². The molecule has 2 N–H and O–H groups in total. The highest BCUT2D eigenvalue weighted by atomic mass is 32.2. The molecule has 8 nitrogen and oxygen atoms in total. The molecule has 2 aromatic rings. The minimum Gasteiger partial charge on any atom is -0.324 e. The Kier molecular flexibility index (Phi) is 6.81. The van der Waals surface area contributed by atoms with Gasteiger partial charge in [0.15, 0.2) is 0 Å². The fraction of sp³-hybridized carbons (Fsp3) is 0.250. The topological polar surface area (TPSA) is 127 Å². The van der Waals surface area contributed by atoms with E-state index in [1.54, 1.807) is 0 Å². The highest BCUT2D eigenvalue weighted by Crippen LogP contribution is 2.45. The van der Waals surface area contributed by atoms with Gasteiger partial charge in [0.1, 0.15) is 0 Å². The van der Waals surface area contributed by atoms with Crippen molar-refractivity contribution >= 4 is 25.0 Å². The number of sulfone groups is 1. The number of benzene rings is 2. The van der Waals surface area contributed by atoms with Crippen molar-refractivity contribution in [3.8, 4) is 0 Å². The summed E-state index contributed by atoms with van der Waals surface area (Å²) in [7, 11) is -9.01. The maximum absolute atomic E-state index is 12.7. The monoisotopic (exact) mass is 434 g/mol. The highest BCUT2D eigenvalue weighted by molar-refractivity contribution is 7.91. The first-order valence-electron chi connectivity index (χ1n) is 7.67. The van der Waals surface area contributed by atoms with E-state index in [2.05, 4.69) is 9.05 Å². The largest absolute Gasteiger partial charge is 0.332 e. The van der Waals surface area contributed by atoms with Crippen molar-refractivity contribution in [2.45, 2.75) is 22.1 Å².